The van der Waals surface area contributed by atoms with Crippen molar-refractivity contribution in [3.05, 3.63) is 64.2 Å². The molecule has 2 aromatic rings. The van der Waals surface area contributed by atoms with Gasteiger partial charge in [0.2, 0.25) is 0 Å². The van der Waals surface area contributed by atoms with E-state index in [2.05, 4.69) is 10.6 Å². The van der Waals surface area contributed by atoms with Gasteiger partial charge in [-0.05, 0) is 73.7 Å². The van der Waals surface area contributed by atoms with E-state index in [-0.39, 0.29) is 24.8 Å². The van der Waals surface area contributed by atoms with Crippen LogP contribution >= 0.6 is 11.6 Å². The van der Waals surface area contributed by atoms with E-state index in [1.54, 1.807) is 24.3 Å². The molecule has 0 bridgehead atoms. The van der Waals surface area contributed by atoms with Gasteiger partial charge in [0.1, 0.15) is 0 Å². The van der Waals surface area contributed by atoms with Crippen LogP contribution in [-0.4, -0.2) is 30.4 Å². The van der Waals surface area contributed by atoms with Crippen LogP contribution in [0.2, 0.25) is 5.02 Å². The third kappa shape index (κ3) is 5.81. The first-order chi connectivity index (χ1) is 13.9. The number of hydrogen-bond acceptors (Lipinski definition) is 4. The number of fused-ring (bicyclic) bond motifs is 1. The number of hydrogen-bond donors (Lipinski definition) is 2. The number of anilines is 1. The summed E-state index contributed by atoms with van der Waals surface area (Å²) in [7, 11) is 0. The van der Waals surface area contributed by atoms with Gasteiger partial charge < -0.3 is 15.4 Å². The van der Waals surface area contributed by atoms with Gasteiger partial charge in [0, 0.05) is 22.8 Å². The summed E-state index contributed by atoms with van der Waals surface area (Å²) in [6.45, 7) is 1.63. The zero-order chi connectivity index (χ0) is 20.8. The van der Waals surface area contributed by atoms with Gasteiger partial charge in [-0.15, -0.1) is 0 Å². The SMILES string of the molecule is C[C@@H](OC(=O)CCNC(=O)c1ccc(Cl)cc1)C(=O)Nc1ccc2c(c1)CCC2. The maximum absolute atomic E-state index is 12.3. The first-order valence-corrected chi connectivity index (χ1v) is 9.96. The Bertz CT molecular complexity index is 912. The maximum Gasteiger partial charge on any atom is 0.308 e. The lowest BCUT2D eigenvalue weighted by atomic mass is 10.1. The van der Waals surface area contributed by atoms with Gasteiger partial charge in [-0.2, -0.15) is 0 Å². The van der Waals surface area contributed by atoms with Crippen LogP contribution in [0.4, 0.5) is 5.69 Å². The molecule has 0 saturated carbocycles. The van der Waals surface area contributed by atoms with E-state index in [1.165, 1.54) is 18.1 Å². The van der Waals surface area contributed by atoms with Crippen LogP contribution in [0.25, 0.3) is 0 Å². The largest absolute Gasteiger partial charge is 0.452 e. The van der Waals surface area contributed by atoms with Crippen LogP contribution in [0.15, 0.2) is 42.5 Å². The molecular weight excluding hydrogens is 392 g/mol. The number of rotatable bonds is 7. The number of halogens is 1. The summed E-state index contributed by atoms with van der Waals surface area (Å²) in [5.74, 6) is -1.25. The predicted octanol–water partition coefficient (Wildman–Crippen LogP) is 3.52. The lowest BCUT2D eigenvalue weighted by molar-refractivity contribution is -0.153. The number of carbonyl (C=O) groups excluding carboxylic acids is 3. The summed E-state index contributed by atoms with van der Waals surface area (Å²) in [6.07, 6.45) is 2.27. The van der Waals surface area contributed by atoms with Crippen molar-refractivity contribution in [1.29, 1.82) is 0 Å². The molecule has 1 aliphatic carbocycles. The Kier molecular flexibility index (Phi) is 6.88. The molecule has 29 heavy (non-hydrogen) atoms. The molecule has 3 rings (SSSR count). The van der Waals surface area contributed by atoms with Gasteiger partial charge in [-0.3, -0.25) is 14.4 Å². The number of carbonyl (C=O) groups is 3. The Balaban J connectivity index is 1.40. The van der Waals surface area contributed by atoms with Crippen LogP contribution in [0.5, 0.6) is 0 Å². The molecule has 2 amide bonds. The zero-order valence-electron chi connectivity index (χ0n) is 16.2. The molecule has 152 valence electrons. The highest BCUT2D eigenvalue weighted by Crippen LogP contribution is 2.25. The second kappa shape index (κ2) is 9.56. The molecule has 0 radical (unpaired) electrons. The fourth-order valence-corrected chi connectivity index (χ4v) is 3.31. The highest BCUT2D eigenvalue weighted by molar-refractivity contribution is 6.30. The Hall–Kier alpha value is -2.86. The molecule has 2 aromatic carbocycles. The first-order valence-electron chi connectivity index (χ1n) is 9.58. The number of nitrogens with one attached hydrogen (secondary N) is 2. The van der Waals surface area contributed by atoms with Crippen molar-refractivity contribution in [2.75, 3.05) is 11.9 Å². The summed E-state index contributed by atoms with van der Waals surface area (Å²) in [4.78, 5) is 36.2. The van der Waals surface area contributed by atoms with E-state index in [0.717, 1.165) is 19.3 Å². The van der Waals surface area contributed by atoms with Crippen molar-refractivity contribution in [2.45, 2.75) is 38.7 Å². The van der Waals surface area contributed by atoms with Crippen LogP contribution in [0.1, 0.15) is 41.3 Å². The van der Waals surface area contributed by atoms with E-state index in [0.29, 0.717) is 16.3 Å². The monoisotopic (exact) mass is 414 g/mol. The van der Waals surface area contributed by atoms with Gasteiger partial charge in [0.05, 0.1) is 6.42 Å². The Morgan fingerprint density at radius 3 is 2.55 bits per heavy atom. The second-order valence-corrected chi connectivity index (χ2v) is 7.41. The lowest BCUT2D eigenvalue weighted by Crippen LogP contribution is -2.32. The van der Waals surface area contributed by atoms with Crippen LogP contribution in [0, 0.1) is 0 Å². The van der Waals surface area contributed by atoms with Crippen molar-refractivity contribution >= 4 is 35.1 Å². The van der Waals surface area contributed by atoms with Gasteiger partial charge in [-0.1, -0.05) is 17.7 Å². The summed E-state index contributed by atoms with van der Waals surface area (Å²) >= 11 is 5.79. The van der Waals surface area contributed by atoms with Crippen molar-refractivity contribution < 1.29 is 19.1 Å². The highest BCUT2D eigenvalue weighted by atomic mass is 35.5. The average molecular weight is 415 g/mol. The van der Waals surface area contributed by atoms with Crippen molar-refractivity contribution in [2.24, 2.45) is 0 Å². The average Bonchev–Trinajstić information content (AvgIpc) is 3.16. The Morgan fingerprint density at radius 1 is 1.07 bits per heavy atom. The molecule has 0 spiro atoms. The molecule has 0 unspecified atom stereocenters. The molecule has 1 atom stereocenters. The molecular formula is C22H23ClN2O4. The molecule has 0 fully saturated rings. The first kappa shape index (κ1) is 20.9. The standard InChI is InChI=1S/C22H23ClN2O4/c1-14(21(27)25-19-10-7-15-3-2-4-17(15)13-19)29-20(26)11-12-24-22(28)16-5-8-18(23)9-6-16/h5-10,13-14H,2-4,11-12H2,1H3,(H,24,28)(H,25,27)/t14-/m1/s1. The quantitative estimate of drug-likeness (QED) is 0.679. The second-order valence-electron chi connectivity index (χ2n) is 6.97. The summed E-state index contributed by atoms with van der Waals surface area (Å²) in [6, 6.07) is 12.3. The van der Waals surface area contributed by atoms with E-state index < -0.39 is 12.1 Å². The molecule has 0 saturated heterocycles. The minimum absolute atomic E-state index is 0.0319. The van der Waals surface area contributed by atoms with E-state index in [1.807, 2.05) is 18.2 Å². The van der Waals surface area contributed by atoms with Gasteiger partial charge in [0.15, 0.2) is 6.10 Å². The molecule has 0 aliphatic heterocycles. The molecule has 6 nitrogen and oxygen atoms in total. The van der Waals surface area contributed by atoms with E-state index in [4.69, 9.17) is 16.3 Å². The molecule has 0 aromatic heterocycles. The van der Waals surface area contributed by atoms with Gasteiger partial charge in [0.25, 0.3) is 11.8 Å². The summed E-state index contributed by atoms with van der Waals surface area (Å²) in [5.41, 5.74) is 3.73. The topological polar surface area (TPSA) is 84.5 Å². The molecule has 2 N–H and O–H groups in total. The fourth-order valence-electron chi connectivity index (χ4n) is 3.18. The summed E-state index contributed by atoms with van der Waals surface area (Å²) < 4.78 is 5.16. The number of aryl methyl sites for hydroxylation is 2. The minimum atomic E-state index is -0.928. The minimum Gasteiger partial charge on any atom is -0.452 e. The fraction of sp³-hybridized carbons (Fsp3) is 0.318. The lowest BCUT2D eigenvalue weighted by Gasteiger charge is -2.14. The number of ether oxygens (including phenoxy) is 1. The smallest absolute Gasteiger partial charge is 0.308 e. The highest BCUT2D eigenvalue weighted by Gasteiger charge is 2.19. The van der Waals surface area contributed by atoms with E-state index in [9.17, 15) is 14.4 Å². The van der Waals surface area contributed by atoms with Crippen LogP contribution in [-0.2, 0) is 27.2 Å². The van der Waals surface area contributed by atoms with Gasteiger partial charge >= 0.3 is 5.97 Å². The van der Waals surface area contributed by atoms with Crippen molar-refractivity contribution in [1.82, 2.24) is 5.32 Å². The summed E-state index contributed by atoms with van der Waals surface area (Å²) in [5, 5.41) is 5.95. The van der Waals surface area contributed by atoms with Crippen molar-refractivity contribution in [3.63, 3.8) is 0 Å². The van der Waals surface area contributed by atoms with Gasteiger partial charge in [-0.25, -0.2) is 0 Å². The number of esters is 1. The maximum atomic E-state index is 12.3. The normalized spacial score (nSPS) is 13.3. The predicted molar refractivity (Wildman–Crippen MR) is 111 cm³/mol. The van der Waals surface area contributed by atoms with Crippen LogP contribution in [0.3, 0.4) is 0 Å². The number of amides is 2. The number of benzene rings is 2. The third-order valence-corrected chi connectivity index (χ3v) is 5.02. The molecule has 0 heterocycles. The Morgan fingerprint density at radius 2 is 1.79 bits per heavy atom. The third-order valence-electron chi connectivity index (χ3n) is 4.76. The Labute approximate surface area is 174 Å². The zero-order valence-corrected chi connectivity index (χ0v) is 16.9. The van der Waals surface area contributed by atoms with E-state index >= 15 is 0 Å². The molecule has 7 heteroatoms. The van der Waals surface area contributed by atoms with Crippen LogP contribution < -0.4 is 10.6 Å². The van der Waals surface area contributed by atoms with Crippen molar-refractivity contribution in [3.8, 4) is 0 Å². The molecule has 1 aliphatic rings.